The van der Waals surface area contributed by atoms with Crippen LogP contribution in [0.15, 0.2) is 42.6 Å². The number of carbonyl (C=O) groups excluding carboxylic acids is 2. The Kier molecular flexibility index (Phi) is 10.0. The van der Waals surface area contributed by atoms with Crippen LogP contribution in [0.1, 0.15) is 59.3 Å². The summed E-state index contributed by atoms with van der Waals surface area (Å²) in [5.74, 6) is -1.09. The van der Waals surface area contributed by atoms with Crippen molar-refractivity contribution in [2.45, 2.75) is 68.6 Å². The lowest BCUT2D eigenvalue weighted by molar-refractivity contribution is -0.137. The largest absolute Gasteiger partial charge is 0.416 e. The van der Waals surface area contributed by atoms with E-state index in [9.17, 15) is 27.9 Å². The van der Waals surface area contributed by atoms with Crippen molar-refractivity contribution in [1.82, 2.24) is 20.5 Å². The molecule has 3 N–H and O–H groups in total. The summed E-state index contributed by atoms with van der Waals surface area (Å²) in [7, 11) is 3.17. The second-order valence-electron chi connectivity index (χ2n) is 10.8. The maximum Gasteiger partial charge on any atom is 0.416 e. The van der Waals surface area contributed by atoms with E-state index in [1.54, 1.807) is 25.3 Å². The highest BCUT2D eigenvalue weighted by atomic mass is 19.4. The van der Waals surface area contributed by atoms with Crippen LogP contribution in [0.4, 0.5) is 13.2 Å². The topological polar surface area (TPSA) is 113 Å². The number of hydrogen-bond donors (Lipinski definition) is 3. The van der Waals surface area contributed by atoms with E-state index in [1.807, 2.05) is 12.1 Å². The Hall–Kier alpha value is -3.06. The Morgan fingerprint density at radius 1 is 1.12 bits per heavy atom. The van der Waals surface area contributed by atoms with Crippen LogP contribution in [0, 0.1) is 0 Å². The Balaban J connectivity index is 1.29. The van der Waals surface area contributed by atoms with Gasteiger partial charge >= 0.3 is 6.18 Å². The van der Waals surface area contributed by atoms with Gasteiger partial charge in [-0.15, -0.1) is 0 Å². The van der Waals surface area contributed by atoms with Gasteiger partial charge in [-0.1, -0.05) is 12.1 Å². The summed E-state index contributed by atoms with van der Waals surface area (Å²) < 4.78 is 49.4. The molecule has 41 heavy (non-hydrogen) atoms. The molecule has 9 nitrogen and oxygen atoms in total. The quantitative estimate of drug-likeness (QED) is 0.397. The highest BCUT2D eigenvalue weighted by Gasteiger charge is 2.40. The molecule has 2 aromatic rings. The summed E-state index contributed by atoms with van der Waals surface area (Å²) in [5, 5.41) is 17.3. The molecule has 2 aliphatic rings. The first-order chi connectivity index (χ1) is 19.5. The molecule has 2 fully saturated rings. The number of aromatic nitrogens is 1. The molecule has 1 saturated carbocycles. The van der Waals surface area contributed by atoms with Crippen molar-refractivity contribution in [3.05, 3.63) is 65.0 Å². The van der Waals surface area contributed by atoms with E-state index in [0.29, 0.717) is 44.7 Å². The zero-order chi connectivity index (χ0) is 29.6. The molecular weight excluding hydrogens is 541 g/mol. The van der Waals surface area contributed by atoms with Gasteiger partial charge in [-0.25, -0.2) is 0 Å². The van der Waals surface area contributed by atoms with Crippen LogP contribution in [-0.2, 0) is 32.7 Å². The maximum atomic E-state index is 13.0. The first kappa shape index (κ1) is 30.9. The van der Waals surface area contributed by atoms with Gasteiger partial charge in [-0.05, 0) is 61.9 Å². The van der Waals surface area contributed by atoms with Crippen LogP contribution in [0.5, 0.6) is 0 Å². The molecule has 4 rings (SSSR count). The number of rotatable bonds is 10. The van der Waals surface area contributed by atoms with Crippen molar-refractivity contribution in [2.24, 2.45) is 0 Å². The van der Waals surface area contributed by atoms with Gasteiger partial charge in [0.1, 0.15) is 5.60 Å². The summed E-state index contributed by atoms with van der Waals surface area (Å²) in [6, 6.07) is 7.81. The minimum Gasteiger partial charge on any atom is -0.384 e. The number of benzene rings is 1. The van der Waals surface area contributed by atoms with E-state index in [4.69, 9.17) is 9.47 Å². The molecule has 2 amide bonds. The smallest absolute Gasteiger partial charge is 0.384 e. The first-order valence-corrected chi connectivity index (χ1v) is 13.7. The van der Waals surface area contributed by atoms with Gasteiger partial charge in [-0.2, -0.15) is 13.2 Å². The van der Waals surface area contributed by atoms with Crippen LogP contribution in [0.25, 0.3) is 0 Å². The standard InChI is InChI=1S/C29H37F3N4O5/c1-40-17-19-6-7-25(33-14-19)28(39)10-8-22(9-11-28)35-23-13-24(18-41-2)36(16-23)26(37)15-34-27(38)20-4-3-5-21(12-20)29(30,31)32/h3-7,12,14,22-24,35,39H,8-11,13,15-18H2,1-2H3,(H,34,38)/t22?,23-,24-,28?/m0/s1. The molecule has 0 unspecified atom stereocenters. The number of likely N-dealkylation sites (tertiary alicyclic amines) is 1. The van der Waals surface area contributed by atoms with Crippen molar-refractivity contribution < 1.29 is 37.3 Å². The molecule has 1 aliphatic heterocycles. The lowest BCUT2D eigenvalue weighted by Gasteiger charge is -2.37. The number of aliphatic hydroxyl groups is 1. The fourth-order valence-corrected chi connectivity index (χ4v) is 5.69. The molecule has 224 valence electrons. The number of alkyl halides is 3. The van der Waals surface area contributed by atoms with Gasteiger partial charge in [0.25, 0.3) is 5.91 Å². The number of hydrogen-bond acceptors (Lipinski definition) is 7. The fourth-order valence-electron chi connectivity index (χ4n) is 5.69. The van der Waals surface area contributed by atoms with Gasteiger partial charge in [0.05, 0.1) is 37.1 Å². The third-order valence-corrected chi connectivity index (χ3v) is 7.84. The number of pyridine rings is 1. The summed E-state index contributed by atoms with van der Waals surface area (Å²) in [4.78, 5) is 31.6. The summed E-state index contributed by atoms with van der Waals surface area (Å²) >= 11 is 0. The summed E-state index contributed by atoms with van der Waals surface area (Å²) in [6.45, 7) is 0.857. The molecule has 1 aliphatic carbocycles. The van der Waals surface area contributed by atoms with Crippen molar-refractivity contribution in [2.75, 3.05) is 33.9 Å². The Bertz CT molecular complexity index is 1190. The lowest BCUT2D eigenvalue weighted by Crippen LogP contribution is -2.47. The fraction of sp³-hybridized carbons (Fsp3) is 0.552. The van der Waals surface area contributed by atoms with E-state index in [1.165, 1.54) is 6.07 Å². The van der Waals surface area contributed by atoms with E-state index < -0.39 is 23.2 Å². The van der Waals surface area contributed by atoms with Crippen LogP contribution < -0.4 is 10.6 Å². The van der Waals surface area contributed by atoms with Gasteiger partial charge in [0.15, 0.2) is 0 Å². The van der Waals surface area contributed by atoms with Gasteiger partial charge in [0.2, 0.25) is 5.91 Å². The molecular formula is C29H37F3N4O5. The molecule has 0 bridgehead atoms. The molecule has 0 spiro atoms. The van der Waals surface area contributed by atoms with Crippen LogP contribution in [0.3, 0.4) is 0 Å². The highest BCUT2D eigenvalue weighted by Crippen LogP contribution is 2.37. The zero-order valence-corrected chi connectivity index (χ0v) is 23.2. The zero-order valence-electron chi connectivity index (χ0n) is 23.2. The third kappa shape index (κ3) is 7.82. The SMILES string of the molecule is COCc1ccc(C2(O)CCC(N[C@H]3C[C@@H](COC)N(C(=O)CNC(=O)c4cccc(C(F)(F)F)c4)C3)CC2)nc1. The van der Waals surface area contributed by atoms with Crippen molar-refractivity contribution in [1.29, 1.82) is 0 Å². The monoisotopic (exact) mass is 578 g/mol. The van der Waals surface area contributed by atoms with E-state index >= 15 is 0 Å². The molecule has 0 radical (unpaired) electrons. The molecule has 1 aromatic carbocycles. The molecule has 2 heterocycles. The minimum absolute atomic E-state index is 0.000846. The summed E-state index contributed by atoms with van der Waals surface area (Å²) in [6.07, 6.45) is 0.405. The van der Waals surface area contributed by atoms with Gasteiger partial charge < -0.3 is 30.1 Å². The molecule has 1 aromatic heterocycles. The second-order valence-corrected chi connectivity index (χ2v) is 10.8. The normalized spacial score (nSPS) is 24.8. The van der Waals surface area contributed by atoms with E-state index in [0.717, 1.165) is 36.6 Å². The number of methoxy groups -OCH3 is 2. The van der Waals surface area contributed by atoms with Crippen molar-refractivity contribution >= 4 is 11.8 Å². The number of nitrogens with one attached hydrogen (secondary N) is 2. The van der Waals surface area contributed by atoms with Crippen LogP contribution in [0.2, 0.25) is 0 Å². The second kappa shape index (κ2) is 13.3. The van der Waals surface area contributed by atoms with Gasteiger partial charge in [0, 0.05) is 44.6 Å². The molecule has 2 atom stereocenters. The maximum absolute atomic E-state index is 13.0. The Morgan fingerprint density at radius 2 is 1.88 bits per heavy atom. The first-order valence-electron chi connectivity index (χ1n) is 13.7. The van der Waals surface area contributed by atoms with Crippen LogP contribution in [-0.4, -0.2) is 78.8 Å². The lowest BCUT2D eigenvalue weighted by atomic mass is 9.79. The predicted molar refractivity (Wildman–Crippen MR) is 144 cm³/mol. The van der Waals surface area contributed by atoms with E-state index in [2.05, 4.69) is 15.6 Å². The number of halogens is 3. The number of amides is 2. The van der Waals surface area contributed by atoms with Crippen molar-refractivity contribution in [3.8, 4) is 0 Å². The van der Waals surface area contributed by atoms with Crippen LogP contribution >= 0.6 is 0 Å². The minimum atomic E-state index is -4.57. The Morgan fingerprint density at radius 3 is 2.51 bits per heavy atom. The Labute approximate surface area is 237 Å². The average Bonchev–Trinajstić information content (AvgIpc) is 3.35. The number of nitrogens with zero attached hydrogens (tertiary/aromatic N) is 2. The summed E-state index contributed by atoms with van der Waals surface area (Å²) in [5.41, 5.74) is -0.488. The molecule has 12 heteroatoms. The third-order valence-electron chi connectivity index (χ3n) is 7.84. The van der Waals surface area contributed by atoms with E-state index in [-0.39, 0.29) is 36.1 Å². The van der Waals surface area contributed by atoms with Gasteiger partial charge in [-0.3, -0.25) is 14.6 Å². The number of carbonyl (C=O) groups is 2. The molecule has 1 saturated heterocycles. The highest BCUT2D eigenvalue weighted by molar-refractivity contribution is 5.96. The number of ether oxygens (including phenoxy) is 2. The average molecular weight is 579 g/mol. The predicted octanol–water partition coefficient (Wildman–Crippen LogP) is 3.01. The van der Waals surface area contributed by atoms with Crippen molar-refractivity contribution in [3.63, 3.8) is 0 Å².